The fraction of sp³-hybridized carbons (Fsp3) is 0.381. The van der Waals surface area contributed by atoms with Gasteiger partial charge in [-0.05, 0) is 30.2 Å². The van der Waals surface area contributed by atoms with Crippen LogP contribution >= 0.6 is 0 Å². The van der Waals surface area contributed by atoms with Crippen molar-refractivity contribution in [1.29, 1.82) is 0 Å². The third-order valence-corrected chi connectivity index (χ3v) is 4.80. The van der Waals surface area contributed by atoms with Crippen LogP contribution in [0.5, 0.6) is 5.75 Å². The molecule has 29 heavy (non-hydrogen) atoms. The fourth-order valence-electron chi connectivity index (χ4n) is 3.13. The van der Waals surface area contributed by atoms with Crippen molar-refractivity contribution in [1.82, 2.24) is 9.47 Å². The number of carbonyl (C=O) groups is 2. The zero-order valence-corrected chi connectivity index (χ0v) is 16.6. The second-order valence-corrected chi connectivity index (χ2v) is 6.86. The molecule has 2 amide bonds. The van der Waals surface area contributed by atoms with Crippen LogP contribution in [-0.4, -0.2) is 54.7 Å². The molecule has 0 saturated carbocycles. The van der Waals surface area contributed by atoms with Crippen LogP contribution < -0.4 is 15.6 Å². The number of nitrogens with zero attached hydrogens (tertiary/aromatic N) is 2. The lowest BCUT2D eigenvalue weighted by molar-refractivity contribution is -0.116. The van der Waals surface area contributed by atoms with Gasteiger partial charge in [0.15, 0.2) is 0 Å². The number of nitrogens with one attached hydrogen (secondary N) is 1. The largest absolute Gasteiger partial charge is 0.497 e. The summed E-state index contributed by atoms with van der Waals surface area (Å²) < 4.78 is 11.7. The first-order chi connectivity index (χ1) is 14.0. The maximum Gasteiger partial charge on any atom is 0.274 e. The third-order valence-electron chi connectivity index (χ3n) is 4.80. The number of pyridine rings is 1. The lowest BCUT2D eigenvalue weighted by atomic mass is 10.1. The van der Waals surface area contributed by atoms with Crippen LogP contribution in [0.25, 0.3) is 0 Å². The van der Waals surface area contributed by atoms with Crippen LogP contribution in [0, 0.1) is 0 Å². The Kier molecular flexibility index (Phi) is 6.66. The maximum atomic E-state index is 12.7. The summed E-state index contributed by atoms with van der Waals surface area (Å²) >= 11 is 0. The molecule has 2 heterocycles. The molecule has 1 fully saturated rings. The Morgan fingerprint density at radius 3 is 2.52 bits per heavy atom. The van der Waals surface area contributed by atoms with E-state index in [1.54, 1.807) is 19.1 Å². The molecule has 0 radical (unpaired) electrons. The first-order valence-corrected chi connectivity index (χ1v) is 9.48. The first kappa shape index (κ1) is 20.6. The number of aromatic nitrogens is 1. The van der Waals surface area contributed by atoms with Crippen molar-refractivity contribution in [2.24, 2.45) is 7.05 Å². The van der Waals surface area contributed by atoms with Gasteiger partial charge in [0.2, 0.25) is 5.91 Å². The van der Waals surface area contributed by atoms with Gasteiger partial charge in [-0.15, -0.1) is 0 Å². The van der Waals surface area contributed by atoms with Crippen molar-refractivity contribution in [3.05, 3.63) is 58.0 Å². The molecule has 0 spiro atoms. The molecule has 1 aliphatic heterocycles. The SMILES string of the molecule is COc1ccc(CCC(=O)Nc2cc(C(=O)N3CCOCC3)cn(C)c2=O)cc1. The zero-order chi connectivity index (χ0) is 20.8. The summed E-state index contributed by atoms with van der Waals surface area (Å²) in [5.41, 5.74) is 1.09. The molecule has 0 aliphatic carbocycles. The molecule has 154 valence electrons. The number of hydrogen-bond donors (Lipinski definition) is 1. The van der Waals surface area contributed by atoms with Crippen LogP contribution in [0.4, 0.5) is 5.69 Å². The number of carbonyl (C=O) groups excluding carboxylic acids is 2. The summed E-state index contributed by atoms with van der Waals surface area (Å²) in [5, 5.41) is 2.65. The van der Waals surface area contributed by atoms with Gasteiger partial charge in [-0.3, -0.25) is 14.4 Å². The predicted molar refractivity (Wildman–Crippen MR) is 108 cm³/mol. The highest BCUT2D eigenvalue weighted by Gasteiger charge is 2.20. The Hall–Kier alpha value is -3.13. The number of ether oxygens (including phenoxy) is 2. The van der Waals surface area contributed by atoms with E-state index in [1.807, 2.05) is 24.3 Å². The van der Waals surface area contributed by atoms with Crippen molar-refractivity contribution in [3.8, 4) is 5.75 Å². The van der Waals surface area contributed by atoms with E-state index in [1.165, 1.54) is 16.8 Å². The van der Waals surface area contributed by atoms with Gasteiger partial charge in [0.05, 0.1) is 25.9 Å². The van der Waals surface area contributed by atoms with Gasteiger partial charge in [-0.2, -0.15) is 0 Å². The van der Waals surface area contributed by atoms with E-state index in [0.29, 0.717) is 38.3 Å². The maximum absolute atomic E-state index is 12.7. The van der Waals surface area contributed by atoms with Crippen molar-refractivity contribution < 1.29 is 19.1 Å². The number of rotatable bonds is 6. The Bertz CT molecular complexity index is 930. The van der Waals surface area contributed by atoms with E-state index < -0.39 is 0 Å². The summed E-state index contributed by atoms with van der Waals surface area (Å²) in [7, 11) is 3.16. The molecule has 0 atom stereocenters. The quantitative estimate of drug-likeness (QED) is 0.794. The summed E-state index contributed by atoms with van der Waals surface area (Å²) in [5.74, 6) is 0.287. The van der Waals surface area contributed by atoms with E-state index >= 15 is 0 Å². The Morgan fingerprint density at radius 1 is 1.17 bits per heavy atom. The van der Waals surface area contributed by atoms with Crippen LogP contribution in [-0.2, 0) is 23.0 Å². The average Bonchev–Trinajstić information content (AvgIpc) is 2.75. The number of aryl methyl sites for hydroxylation is 2. The molecule has 1 aliphatic rings. The smallest absolute Gasteiger partial charge is 0.274 e. The molecule has 3 rings (SSSR count). The van der Waals surface area contributed by atoms with Crippen LogP contribution in [0.3, 0.4) is 0 Å². The van der Waals surface area contributed by atoms with E-state index in [0.717, 1.165) is 11.3 Å². The number of methoxy groups -OCH3 is 1. The lowest BCUT2D eigenvalue weighted by Crippen LogP contribution is -2.41. The molecule has 8 heteroatoms. The number of hydrogen-bond acceptors (Lipinski definition) is 5. The monoisotopic (exact) mass is 399 g/mol. The van der Waals surface area contributed by atoms with E-state index in [4.69, 9.17) is 9.47 Å². The van der Waals surface area contributed by atoms with Gasteiger partial charge >= 0.3 is 0 Å². The van der Waals surface area contributed by atoms with Gasteiger partial charge in [-0.1, -0.05) is 12.1 Å². The van der Waals surface area contributed by atoms with Crippen molar-refractivity contribution in [3.63, 3.8) is 0 Å². The average molecular weight is 399 g/mol. The van der Waals surface area contributed by atoms with Gasteiger partial charge in [0.25, 0.3) is 11.5 Å². The second-order valence-electron chi connectivity index (χ2n) is 6.86. The summed E-state index contributed by atoms with van der Waals surface area (Å²) in [4.78, 5) is 39.1. The Balaban J connectivity index is 1.67. The number of anilines is 1. The van der Waals surface area contributed by atoms with Crippen LogP contribution in [0.15, 0.2) is 41.3 Å². The number of morpholine rings is 1. The van der Waals surface area contributed by atoms with Crippen LogP contribution in [0.1, 0.15) is 22.3 Å². The number of benzene rings is 1. The van der Waals surface area contributed by atoms with Gasteiger partial charge in [0, 0.05) is 32.8 Å². The van der Waals surface area contributed by atoms with E-state index in [2.05, 4.69) is 5.32 Å². The van der Waals surface area contributed by atoms with Gasteiger partial charge < -0.3 is 24.3 Å². The molecule has 1 saturated heterocycles. The van der Waals surface area contributed by atoms with E-state index in [-0.39, 0.29) is 29.5 Å². The molecule has 1 aromatic carbocycles. The van der Waals surface area contributed by atoms with E-state index in [9.17, 15) is 14.4 Å². The molecule has 1 N–H and O–H groups in total. The van der Waals surface area contributed by atoms with Gasteiger partial charge in [0.1, 0.15) is 11.4 Å². The molecular formula is C21H25N3O5. The minimum atomic E-state index is -0.360. The Morgan fingerprint density at radius 2 is 1.86 bits per heavy atom. The first-order valence-electron chi connectivity index (χ1n) is 9.48. The van der Waals surface area contributed by atoms with Crippen molar-refractivity contribution >= 4 is 17.5 Å². The van der Waals surface area contributed by atoms with Crippen LogP contribution in [0.2, 0.25) is 0 Å². The number of amides is 2. The third kappa shape index (κ3) is 5.23. The Labute approximate surface area is 169 Å². The standard InChI is InChI=1S/C21H25N3O5/c1-23-14-16(20(26)24-9-11-29-12-10-24)13-18(21(23)27)22-19(25)8-5-15-3-6-17(28-2)7-4-15/h3-4,6-7,13-14H,5,8-12H2,1-2H3,(H,22,25). The van der Waals surface area contributed by atoms with Crippen molar-refractivity contribution in [2.75, 3.05) is 38.7 Å². The molecular weight excluding hydrogens is 374 g/mol. The zero-order valence-electron chi connectivity index (χ0n) is 16.6. The highest BCUT2D eigenvalue weighted by atomic mass is 16.5. The van der Waals surface area contributed by atoms with Crippen molar-refractivity contribution in [2.45, 2.75) is 12.8 Å². The minimum Gasteiger partial charge on any atom is -0.497 e. The summed E-state index contributed by atoms with van der Waals surface area (Å²) in [6.07, 6.45) is 2.24. The topological polar surface area (TPSA) is 89.9 Å². The summed E-state index contributed by atoms with van der Waals surface area (Å²) in [6, 6.07) is 8.92. The highest BCUT2D eigenvalue weighted by Crippen LogP contribution is 2.14. The highest BCUT2D eigenvalue weighted by molar-refractivity contribution is 5.96. The molecule has 2 aromatic rings. The minimum absolute atomic E-state index is 0.103. The van der Waals surface area contributed by atoms with Gasteiger partial charge in [-0.25, -0.2) is 0 Å². The lowest BCUT2D eigenvalue weighted by Gasteiger charge is -2.27. The summed E-state index contributed by atoms with van der Waals surface area (Å²) in [6.45, 7) is 2.00. The molecule has 8 nitrogen and oxygen atoms in total. The molecule has 0 bridgehead atoms. The molecule has 1 aromatic heterocycles. The fourth-order valence-corrected chi connectivity index (χ4v) is 3.13. The normalized spacial score (nSPS) is 13.8. The molecule has 0 unspecified atom stereocenters. The second kappa shape index (κ2) is 9.38. The predicted octanol–water partition coefficient (Wildman–Crippen LogP) is 1.44.